The summed E-state index contributed by atoms with van der Waals surface area (Å²) in [5.74, 6) is 6.46. The minimum atomic E-state index is -0.193. The van der Waals surface area contributed by atoms with Crippen LogP contribution in [-0.4, -0.2) is 19.6 Å². The van der Waals surface area contributed by atoms with Gasteiger partial charge in [0, 0.05) is 16.1 Å². The number of hydrogen-bond acceptors (Lipinski definition) is 2. The van der Waals surface area contributed by atoms with E-state index >= 15 is 0 Å². The summed E-state index contributed by atoms with van der Waals surface area (Å²) in [7, 11) is 1.62. The van der Waals surface area contributed by atoms with Gasteiger partial charge in [0.15, 0.2) is 0 Å². The van der Waals surface area contributed by atoms with E-state index in [2.05, 4.69) is 17.2 Å². The van der Waals surface area contributed by atoms with E-state index in [-0.39, 0.29) is 12.5 Å². The first kappa shape index (κ1) is 15.0. The van der Waals surface area contributed by atoms with Crippen LogP contribution in [0, 0.1) is 11.8 Å². The van der Waals surface area contributed by atoms with Crippen LogP contribution >= 0.6 is 11.6 Å². The van der Waals surface area contributed by atoms with E-state index in [0.29, 0.717) is 10.6 Å². The molecule has 2 aromatic rings. The molecule has 0 atom stereocenters. The molecule has 0 aliphatic carbocycles. The monoisotopic (exact) mass is 299 g/mol. The van der Waals surface area contributed by atoms with Crippen molar-refractivity contribution in [1.82, 2.24) is 5.32 Å². The van der Waals surface area contributed by atoms with Gasteiger partial charge in [-0.2, -0.15) is 0 Å². The Morgan fingerprint density at radius 2 is 2.00 bits per heavy atom. The molecule has 106 valence electrons. The fourth-order valence-corrected chi connectivity index (χ4v) is 1.87. The molecule has 3 nitrogen and oxygen atoms in total. The van der Waals surface area contributed by atoms with Crippen LogP contribution in [0.5, 0.6) is 5.75 Å². The summed E-state index contributed by atoms with van der Waals surface area (Å²) in [6, 6.07) is 14.2. The SMILES string of the molecule is COc1ccc(C#CCNC(=O)c2cccc(Cl)c2)cc1. The molecule has 0 fully saturated rings. The molecule has 0 saturated heterocycles. The number of nitrogens with one attached hydrogen (secondary N) is 1. The minimum absolute atomic E-state index is 0.193. The van der Waals surface area contributed by atoms with Gasteiger partial charge in [-0.15, -0.1) is 0 Å². The second-order valence-electron chi connectivity index (χ2n) is 4.22. The van der Waals surface area contributed by atoms with Gasteiger partial charge in [0.05, 0.1) is 13.7 Å². The van der Waals surface area contributed by atoms with E-state index in [1.807, 2.05) is 24.3 Å². The van der Waals surface area contributed by atoms with Gasteiger partial charge in [-0.25, -0.2) is 0 Å². The van der Waals surface area contributed by atoms with Crippen molar-refractivity contribution in [3.63, 3.8) is 0 Å². The number of halogens is 1. The molecule has 2 aromatic carbocycles. The molecular weight excluding hydrogens is 286 g/mol. The van der Waals surface area contributed by atoms with Crippen LogP contribution in [-0.2, 0) is 0 Å². The lowest BCUT2D eigenvalue weighted by Gasteiger charge is -2.01. The highest BCUT2D eigenvalue weighted by atomic mass is 35.5. The third kappa shape index (κ3) is 4.55. The van der Waals surface area contributed by atoms with Crippen molar-refractivity contribution < 1.29 is 9.53 Å². The molecule has 21 heavy (non-hydrogen) atoms. The minimum Gasteiger partial charge on any atom is -0.497 e. The summed E-state index contributed by atoms with van der Waals surface area (Å²) in [5, 5.41) is 3.26. The Bertz CT molecular complexity index is 684. The molecule has 0 aliphatic heterocycles. The molecular formula is C17H14ClNO2. The van der Waals surface area contributed by atoms with Gasteiger partial charge in [-0.1, -0.05) is 29.5 Å². The zero-order valence-electron chi connectivity index (χ0n) is 11.5. The van der Waals surface area contributed by atoms with E-state index in [1.165, 1.54) is 0 Å². The van der Waals surface area contributed by atoms with Crippen LogP contribution in [0.2, 0.25) is 5.02 Å². The first-order chi connectivity index (χ1) is 10.2. The molecule has 1 N–H and O–H groups in total. The average molecular weight is 300 g/mol. The number of ether oxygens (including phenoxy) is 1. The summed E-state index contributed by atoms with van der Waals surface area (Å²) < 4.78 is 5.07. The van der Waals surface area contributed by atoms with Crippen LogP contribution in [0.15, 0.2) is 48.5 Å². The Labute approximate surface area is 128 Å². The molecule has 4 heteroatoms. The van der Waals surface area contributed by atoms with Gasteiger partial charge in [0.1, 0.15) is 5.75 Å². The lowest BCUT2D eigenvalue weighted by Crippen LogP contribution is -2.23. The highest BCUT2D eigenvalue weighted by Gasteiger charge is 2.03. The summed E-state index contributed by atoms with van der Waals surface area (Å²) in [6.07, 6.45) is 0. The standard InChI is InChI=1S/C17H14ClNO2/c1-21-16-9-7-13(8-10-16)4-3-11-19-17(20)14-5-2-6-15(18)12-14/h2,5-10,12H,11H2,1H3,(H,19,20). The van der Waals surface area contributed by atoms with Crippen LogP contribution in [0.3, 0.4) is 0 Å². The number of hydrogen-bond donors (Lipinski definition) is 1. The highest BCUT2D eigenvalue weighted by molar-refractivity contribution is 6.30. The molecule has 0 saturated carbocycles. The van der Waals surface area contributed by atoms with Crippen LogP contribution < -0.4 is 10.1 Å². The Morgan fingerprint density at radius 1 is 1.24 bits per heavy atom. The van der Waals surface area contributed by atoms with Crippen molar-refractivity contribution in [2.45, 2.75) is 0 Å². The largest absolute Gasteiger partial charge is 0.497 e. The van der Waals surface area contributed by atoms with Crippen molar-refractivity contribution >= 4 is 17.5 Å². The van der Waals surface area contributed by atoms with Crippen molar-refractivity contribution in [2.75, 3.05) is 13.7 Å². The lowest BCUT2D eigenvalue weighted by molar-refractivity contribution is 0.0958. The van der Waals surface area contributed by atoms with E-state index < -0.39 is 0 Å². The Hall–Kier alpha value is -2.44. The zero-order valence-corrected chi connectivity index (χ0v) is 12.3. The maximum absolute atomic E-state index is 11.8. The Balaban J connectivity index is 1.89. The number of carbonyl (C=O) groups excluding carboxylic acids is 1. The number of rotatable bonds is 3. The zero-order chi connectivity index (χ0) is 15.1. The predicted molar refractivity (Wildman–Crippen MR) is 83.7 cm³/mol. The van der Waals surface area contributed by atoms with Gasteiger partial charge in [-0.05, 0) is 42.5 Å². The highest BCUT2D eigenvalue weighted by Crippen LogP contribution is 2.11. The maximum Gasteiger partial charge on any atom is 0.252 e. The molecule has 0 aliphatic rings. The van der Waals surface area contributed by atoms with E-state index in [4.69, 9.17) is 16.3 Å². The van der Waals surface area contributed by atoms with E-state index in [1.54, 1.807) is 31.4 Å². The number of methoxy groups -OCH3 is 1. The molecule has 0 heterocycles. The fraction of sp³-hybridized carbons (Fsp3) is 0.118. The summed E-state index contributed by atoms with van der Waals surface area (Å²) in [4.78, 5) is 11.8. The van der Waals surface area contributed by atoms with Crippen LogP contribution in [0.25, 0.3) is 0 Å². The lowest BCUT2D eigenvalue weighted by atomic mass is 10.2. The van der Waals surface area contributed by atoms with E-state index in [9.17, 15) is 4.79 Å². The topological polar surface area (TPSA) is 38.3 Å². The molecule has 0 bridgehead atoms. The fourth-order valence-electron chi connectivity index (χ4n) is 1.68. The van der Waals surface area contributed by atoms with Gasteiger partial charge in [0.2, 0.25) is 0 Å². The normalized spacial score (nSPS) is 9.43. The second-order valence-corrected chi connectivity index (χ2v) is 4.66. The van der Waals surface area contributed by atoms with Crippen molar-refractivity contribution in [3.05, 3.63) is 64.7 Å². The van der Waals surface area contributed by atoms with Crippen molar-refractivity contribution in [2.24, 2.45) is 0 Å². The van der Waals surface area contributed by atoms with Gasteiger partial charge in [-0.3, -0.25) is 4.79 Å². The molecule has 0 aromatic heterocycles. The average Bonchev–Trinajstić information content (AvgIpc) is 2.52. The quantitative estimate of drug-likeness (QED) is 0.884. The number of amides is 1. The third-order valence-electron chi connectivity index (χ3n) is 2.75. The molecule has 0 spiro atoms. The maximum atomic E-state index is 11.8. The summed E-state index contributed by atoms with van der Waals surface area (Å²) in [6.45, 7) is 0.275. The van der Waals surface area contributed by atoms with Crippen LogP contribution in [0.4, 0.5) is 0 Å². The van der Waals surface area contributed by atoms with Crippen molar-refractivity contribution in [3.8, 4) is 17.6 Å². The third-order valence-corrected chi connectivity index (χ3v) is 2.98. The Morgan fingerprint density at radius 3 is 2.67 bits per heavy atom. The van der Waals surface area contributed by atoms with Crippen molar-refractivity contribution in [1.29, 1.82) is 0 Å². The van der Waals surface area contributed by atoms with E-state index in [0.717, 1.165) is 11.3 Å². The van der Waals surface area contributed by atoms with Gasteiger partial charge < -0.3 is 10.1 Å². The van der Waals surface area contributed by atoms with Gasteiger partial charge >= 0.3 is 0 Å². The first-order valence-corrected chi connectivity index (χ1v) is 6.73. The molecule has 0 radical (unpaired) electrons. The predicted octanol–water partition coefficient (Wildman–Crippen LogP) is 3.13. The number of benzene rings is 2. The summed E-state index contributed by atoms with van der Waals surface area (Å²) >= 11 is 5.84. The summed E-state index contributed by atoms with van der Waals surface area (Å²) in [5.41, 5.74) is 1.39. The second kappa shape index (κ2) is 7.37. The Kier molecular flexibility index (Phi) is 5.25. The molecule has 2 rings (SSSR count). The first-order valence-electron chi connectivity index (χ1n) is 6.36. The number of carbonyl (C=O) groups is 1. The van der Waals surface area contributed by atoms with Crippen LogP contribution in [0.1, 0.15) is 15.9 Å². The molecule has 1 amide bonds. The smallest absolute Gasteiger partial charge is 0.252 e. The molecule has 0 unspecified atom stereocenters. The van der Waals surface area contributed by atoms with Gasteiger partial charge in [0.25, 0.3) is 5.91 Å².